The van der Waals surface area contributed by atoms with E-state index in [1.54, 1.807) is 6.92 Å². The number of rotatable bonds is 5. The van der Waals surface area contributed by atoms with Crippen LogP contribution in [0.15, 0.2) is 0 Å². The summed E-state index contributed by atoms with van der Waals surface area (Å²) >= 11 is 0. The van der Waals surface area contributed by atoms with Gasteiger partial charge in [0.1, 0.15) is 0 Å². The van der Waals surface area contributed by atoms with E-state index in [2.05, 4.69) is 13.8 Å². The zero-order valence-corrected chi connectivity index (χ0v) is 9.27. The lowest BCUT2D eigenvalue weighted by Crippen LogP contribution is -1.93. The first kappa shape index (κ1) is 14.5. The second-order valence-corrected chi connectivity index (χ2v) is 3.32. The van der Waals surface area contributed by atoms with E-state index >= 15 is 0 Å². The summed E-state index contributed by atoms with van der Waals surface area (Å²) < 4.78 is 0. The lowest BCUT2D eigenvalue weighted by molar-refractivity contribution is 0.191. The second kappa shape index (κ2) is 13.5. The van der Waals surface area contributed by atoms with Crippen LogP contribution in [-0.2, 0) is 0 Å². The average Bonchev–Trinajstić information content (AvgIpc) is 2.07. The molecule has 1 atom stereocenters. The monoisotopic (exact) mass is 174 g/mol. The van der Waals surface area contributed by atoms with Crippen molar-refractivity contribution in [3.05, 3.63) is 0 Å². The smallest absolute Gasteiger partial charge is 0.0509 e. The van der Waals surface area contributed by atoms with Crippen LogP contribution < -0.4 is 0 Å². The summed E-state index contributed by atoms with van der Waals surface area (Å²) in [7, 11) is 0. The molecule has 0 rings (SSSR count). The van der Waals surface area contributed by atoms with Gasteiger partial charge in [0, 0.05) is 0 Å². The Labute approximate surface area is 78.2 Å². The summed E-state index contributed by atoms with van der Waals surface area (Å²) in [6.07, 6.45) is 7.75. The van der Waals surface area contributed by atoms with Crippen LogP contribution in [0.4, 0.5) is 0 Å². The van der Waals surface area contributed by atoms with Crippen molar-refractivity contribution in [2.24, 2.45) is 0 Å². The van der Waals surface area contributed by atoms with Gasteiger partial charge in [0.05, 0.1) is 6.10 Å². The van der Waals surface area contributed by atoms with Gasteiger partial charge >= 0.3 is 0 Å². The molecule has 1 N–H and O–H groups in total. The molecular weight excluding hydrogens is 148 g/mol. The van der Waals surface area contributed by atoms with Crippen molar-refractivity contribution in [2.45, 2.75) is 72.3 Å². The van der Waals surface area contributed by atoms with Crippen LogP contribution in [0.25, 0.3) is 0 Å². The number of hydrogen-bond donors (Lipinski definition) is 1. The van der Waals surface area contributed by atoms with Crippen molar-refractivity contribution >= 4 is 0 Å². The van der Waals surface area contributed by atoms with E-state index in [0.29, 0.717) is 0 Å². The van der Waals surface area contributed by atoms with E-state index in [1.165, 1.54) is 32.1 Å². The van der Waals surface area contributed by atoms with E-state index in [4.69, 9.17) is 5.11 Å². The maximum absolute atomic E-state index is 8.36. The van der Waals surface area contributed by atoms with Gasteiger partial charge in [-0.25, -0.2) is 0 Å². The lowest BCUT2D eigenvalue weighted by Gasteiger charge is -1.90. The van der Waals surface area contributed by atoms with Gasteiger partial charge in [-0.3, -0.25) is 0 Å². The van der Waals surface area contributed by atoms with Gasteiger partial charge in [-0.05, 0) is 13.3 Å². The Balaban J connectivity index is 0. The SMILES string of the molecule is CCC(C)O.CCCCCCC. The highest BCUT2D eigenvalue weighted by atomic mass is 16.3. The minimum Gasteiger partial charge on any atom is -0.393 e. The molecule has 0 aliphatic rings. The Bertz CT molecular complexity index is 56.0. The maximum Gasteiger partial charge on any atom is 0.0509 e. The Morgan fingerprint density at radius 1 is 0.917 bits per heavy atom. The maximum atomic E-state index is 8.36. The van der Waals surface area contributed by atoms with Crippen molar-refractivity contribution in [3.8, 4) is 0 Å². The topological polar surface area (TPSA) is 20.2 Å². The standard InChI is InChI=1S/C7H16.C4H10O/c1-3-5-7-6-4-2;1-3-4(2)5/h3-7H2,1-2H3;4-5H,3H2,1-2H3. The van der Waals surface area contributed by atoms with E-state index in [0.717, 1.165) is 6.42 Å². The largest absolute Gasteiger partial charge is 0.393 e. The first-order valence-corrected chi connectivity index (χ1v) is 5.37. The van der Waals surface area contributed by atoms with Gasteiger partial charge in [0.2, 0.25) is 0 Å². The molecule has 1 nitrogen and oxygen atoms in total. The van der Waals surface area contributed by atoms with Crippen LogP contribution in [0.1, 0.15) is 66.2 Å². The minimum atomic E-state index is -0.116. The van der Waals surface area contributed by atoms with Crippen molar-refractivity contribution in [2.75, 3.05) is 0 Å². The third kappa shape index (κ3) is 22.5. The zero-order valence-electron chi connectivity index (χ0n) is 9.27. The summed E-state index contributed by atoms with van der Waals surface area (Å²) in [6.45, 7) is 8.22. The van der Waals surface area contributed by atoms with E-state index in [1.807, 2.05) is 6.92 Å². The molecule has 0 aliphatic heterocycles. The molecule has 1 unspecified atom stereocenters. The summed E-state index contributed by atoms with van der Waals surface area (Å²) in [6, 6.07) is 0. The zero-order chi connectivity index (χ0) is 9.82. The highest BCUT2D eigenvalue weighted by molar-refractivity contribution is 4.36. The Hall–Kier alpha value is -0.0400. The van der Waals surface area contributed by atoms with Crippen LogP contribution in [0.3, 0.4) is 0 Å². The Morgan fingerprint density at radius 2 is 1.25 bits per heavy atom. The first-order chi connectivity index (χ1) is 5.68. The lowest BCUT2D eigenvalue weighted by atomic mass is 10.2. The third-order valence-electron chi connectivity index (χ3n) is 1.80. The predicted octanol–water partition coefficient (Wildman–Crippen LogP) is 3.75. The fourth-order valence-corrected chi connectivity index (χ4v) is 0.677. The Morgan fingerprint density at radius 3 is 1.42 bits per heavy atom. The van der Waals surface area contributed by atoms with Crippen LogP contribution in [0.2, 0.25) is 0 Å². The molecule has 0 spiro atoms. The molecule has 0 aromatic rings. The second-order valence-electron chi connectivity index (χ2n) is 3.32. The van der Waals surface area contributed by atoms with Crippen LogP contribution >= 0.6 is 0 Å². The first-order valence-electron chi connectivity index (χ1n) is 5.37. The molecule has 0 aromatic carbocycles. The van der Waals surface area contributed by atoms with Gasteiger partial charge in [0.15, 0.2) is 0 Å². The molecule has 76 valence electrons. The van der Waals surface area contributed by atoms with Crippen LogP contribution in [0, 0.1) is 0 Å². The fourth-order valence-electron chi connectivity index (χ4n) is 0.677. The van der Waals surface area contributed by atoms with E-state index in [9.17, 15) is 0 Å². The highest BCUT2D eigenvalue weighted by Crippen LogP contribution is 2.00. The van der Waals surface area contributed by atoms with Gasteiger partial charge in [-0.15, -0.1) is 0 Å². The fraction of sp³-hybridized carbons (Fsp3) is 1.00. The molecule has 0 saturated carbocycles. The van der Waals surface area contributed by atoms with Crippen molar-refractivity contribution < 1.29 is 5.11 Å². The predicted molar refractivity (Wildman–Crippen MR) is 56.4 cm³/mol. The van der Waals surface area contributed by atoms with Crippen molar-refractivity contribution in [1.82, 2.24) is 0 Å². The Kier molecular flexibility index (Phi) is 16.3. The van der Waals surface area contributed by atoms with Gasteiger partial charge in [-0.2, -0.15) is 0 Å². The quantitative estimate of drug-likeness (QED) is 0.629. The molecule has 0 saturated heterocycles. The van der Waals surface area contributed by atoms with E-state index in [-0.39, 0.29) is 6.10 Å². The molecule has 0 heterocycles. The summed E-state index contributed by atoms with van der Waals surface area (Å²) in [5.74, 6) is 0. The van der Waals surface area contributed by atoms with Gasteiger partial charge in [0.25, 0.3) is 0 Å². The third-order valence-corrected chi connectivity index (χ3v) is 1.80. The molecule has 0 radical (unpaired) electrons. The van der Waals surface area contributed by atoms with E-state index < -0.39 is 0 Å². The highest BCUT2D eigenvalue weighted by Gasteiger charge is 1.81. The minimum absolute atomic E-state index is 0.116. The molecule has 1 heteroatoms. The molecule has 0 aliphatic carbocycles. The number of aliphatic hydroxyl groups is 1. The summed E-state index contributed by atoms with van der Waals surface area (Å²) in [5, 5.41) is 8.36. The number of aliphatic hydroxyl groups excluding tert-OH is 1. The molecule has 0 fully saturated rings. The molecular formula is C11H26O. The van der Waals surface area contributed by atoms with Crippen molar-refractivity contribution in [3.63, 3.8) is 0 Å². The summed E-state index contributed by atoms with van der Waals surface area (Å²) in [5.41, 5.74) is 0. The summed E-state index contributed by atoms with van der Waals surface area (Å²) in [4.78, 5) is 0. The molecule has 0 aromatic heterocycles. The number of unbranched alkanes of at least 4 members (excludes halogenated alkanes) is 4. The number of hydrogen-bond acceptors (Lipinski definition) is 1. The van der Waals surface area contributed by atoms with Crippen molar-refractivity contribution in [1.29, 1.82) is 0 Å². The normalized spacial score (nSPS) is 11.8. The average molecular weight is 174 g/mol. The molecule has 0 amide bonds. The van der Waals surface area contributed by atoms with Gasteiger partial charge < -0.3 is 5.11 Å². The van der Waals surface area contributed by atoms with Crippen LogP contribution in [-0.4, -0.2) is 11.2 Å². The molecule has 12 heavy (non-hydrogen) atoms. The van der Waals surface area contributed by atoms with Crippen LogP contribution in [0.5, 0.6) is 0 Å². The van der Waals surface area contributed by atoms with Gasteiger partial charge in [-0.1, -0.05) is 52.9 Å². The molecule has 0 bridgehead atoms.